The topological polar surface area (TPSA) is 54.5 Å². The number of aromatic nitrogens is 1. The van der Waals surface area contributed by atoms with Gasteiger partial charge in [0.15, 0.2) is 0 Å². The molecule has 1 saturated heterocycles. The van der Waals surface area contributed by atoms with Crippen molar-refractivity contribution in [3.8, 4) is 0 Å². The molecular weight excluding hydrogens is 358 g/mol. The Kier molecular flexibility index (Phi) is 7.26. The van der Waals surface area contributed by atoms with E-state index in [2.05, 4.69) is 47.2 Å². The van der Waals surface area contributed by atoms with Gasteiger partial charge in [0.05, 0.1) is 18.8 Å². The van der Waals surface area contributed by atoms with Crippen molar-refractivity contribution in [1.82, 2.24) is 15.2 Å². The van der Waals surface area contributed by atoms with E-state index in [1.54, 1.807) is 18.0 Å². The molecule has 1 fully saturated rings. The molecule has 0 saturated carbocycles. The van der Waals surface area contributed by atoms with Gasteiger partial charge in [-0.1, -0.05) is 29.5 Å². The maximum absolute atomic E-state index is 12.6. The van der Waals surface area contributed by atoms with Crippen molar-refractivity contribution < 1.29 is 9.53 Å². The van der Waals surface area contributed by atoms with Gasteiger partial charge >= 0.3 is 0 Å². The van der Waals surface area contributed by atoms with Crippen LogP contribution in [0.4, 0.5) is 0 Å². The number of benzene rings is 1. The van der Waals surface area contributed by atoms with Gasteiger partial charge in [0, 0.05) is 30.7 Å². The summed E-state index contributed by atoms with van der Waals surface area (Å²) in [6.07, 6.45) is 2.67. The molecule has 27 heavy (non-hydrogen) atoms. The number of hydrogen-bond donors (Lipinski definition) is 1. The first-order chi connectivity index (χ1) is 13.1. The van der Waals surface area contributed by atoms with E-state index in [0.717, 1.165) is 49.2 Å². The lowest BCUT2D eigenvalue weighted by Gasteiger charge is -2.26. The quantitative estimate of drug-likeness (QED) is 0.741. The molecule has 1 aliphatic heterocycles. The van der Waals surface area contributed by atoms with Crippen molar-refractivity contribution in [1.29, 1.82) is 0 Å². The predicted octanol–water partition coefficient (Wildman–Crippen LogP) is 3.30. The summed E-state index contributed by atoms with van der Waals surface area (Å²) in [5.41, 5.74) is 3.06. The van der Waals surface area contributed by atoms with Gasteiger partial charge in [-0.2, -0.15) is 0 Å². The van der Waals surface area contributed by atoms with Crippen molar-refractivity contribution in [2.45, 2.75) is 30.2 Å². The van der Waals surface area contributed by atoms with Crippen LogP contribution in [0.2, 0.25) is 0 Å². The molecule has 2 heterocycles. The lowest BCUT2D eigenvalue weighted by atomic mass is 10.2. The highest BCUT2D eigenvalue weighted by Crippen LogP contribution is 2.31. The average Bonchev–Trinajstić information content (AvgIpc) is 2.68. The number of carbonyl (C=O) groups is 1. The smallest absolute Gasteiger partial charge is 0.254 e. The Bertz CT molecular complexity index is 776. The van der Waals surface area contributed by atoms with Crippen molar-refractivity contribution >= 4 is 17.7 Å². The summed E-state index contributed by atoms with van der Waals surface area (Å²) in [7, 11) is 0. The van der Waals surface area contributed by atoms with E-state index in [1.165, 1.54) is 11.1 Å². The fraction of sp³-hybridized carbons (Fsp3) is 0.429. The van der Waals surface area contributed by atoms with E-state index in [1.807, 2.05) is 12.1 Å². The molecule has 1 aromatic heterocycles. The number of carbonyl (C=O) groups excluding carboxylic acids is 1. The summed E-state index contributed by atoms with van der Waals surface area (Å²) in [4.78, 5) is 20.6. The Morgan fingerprint density at radius 2 is 2.07 bits per heavy atom. The van der Waals surface area contributed by atoms with Gasteiger partial charge < -0.3 is 10.1 Å². The first-order valence-electron chi connectivity index (χ1n) is 9.42. The monoisotopic (exact) mass is 385 g/mol. The van der Waals surface area contributed by atoms with E-state index in [4.69, 9.17) is 4.74 Å². The van der Waals surface area contributed by atoms with Gasteiger partial charge in [-0.05, 0) is 50.6 Å². The fourth-order valence-corrected chi connectivity index (χ4v) is 4.04. The number of hydrogen-bond acceptors (Lipinski definition) is 5. The third-order valence-electron chi connectivity index (χ3n) is 4.59. The zero-order chi connectivity index (χ0) is 19.1. The second-order valence-corrected chi connectivity index (χ2v) is 7.82. The van der Waals surface area contributed by atoms with Crippen LogP contribution in [0.1, 0.15) is 27.9 Å². The summed E-state index contributed by atoms with van der Waals surface area (Å²) in [6.45, 7) is 9.39. The Hall–Kier alpha value is -1.89. The van der Waals surface area contributed by atoms with Crippen LogP contribution in [-0.4, -0.2) is 55.2 Å². The zero-order valence-corrected chi connectivity index (χ0v) is 16.8. The standard InChI is InChI=1S/C21H27N3O2S/c1-16-6-7-19(17(2)15-16)27-21-18(5-3-8-23-21)20(25)22-9-4-10-24-11-13-26-14-12-24/h3,5-8,15H,4,9-14H2,1-2H3,(H,22,25). The number of amides is 1. The van der Waals surface area contributed by atoms with Crippen LogP contribution >= 0.6 is 11.8 Å². The van der Waals surface area contributed by atoms with Crippen LogP contribution < -0.4 is 5.32 Å². The summed E-state index contributed by atoms with van der Waals surface area (Å²) in [6, 6.07) is 9.99. The van der Waals surface area contributed by atoms with E-state index in [9.17, 15) is 4.79 Å². The molecule has 2 aromatic rings. The van der Waals surface area contributed by atoms with Crippen molar-refractivity contribution in [2.75, 3.05) is 39.4 Å². The van der Waals surface area contributed by atoms with E-state index in [0.29, 0.717) is 12.1 Å². The molecule has 144 valence electrons. The SMILES string of the molecule is Cc1ccc(Sc2ncccc2C(=O)NCCCN2CCOCC2)c(C)c1. The Morgan fingerprint density at radius 3 is 2.85 bits per heavy atom. The fourth-order valence-electron chi connectivity index (χ4n) is 3.09. The van der Waals surface area contributed by atoms with Crippen LogP contribution in [0.3, 0.4) is 0 Å². The highest BCUT2D eigenvalue weighted by molar-refractivity contribution is 7.99. The number of morpholine rings is 1. The second kappa shape index (κ2) is 9.88. The first-order valence-corrected chi connectivity index (χ1v) is 10.2. The Balaban J connectivity index is 1.56. The first kappa shape index (κ1) is 19.9. The molecule has 0 spiro atoms. The summed E-state index contributed by atoms with van der Waals surface area (Å²) >= 11 is 1.55. The molecule has 0 aliphatic carbocycles. The number of aryl methyl sites for hydroxylation is 2. The highest BCUT2D eigenvalue weighted by Gasteiger charge is 2.15. The number of rotatable bonds is 7. The van der Waals surface area contributed by atoms with Crippen molar-refractivity contribution in [3.05, 3.63) is 53.2 Å². The number of ether oxygens (including phenoxy) is 1. The van der Waals surface area contributed by atoms with Crippen LogP contribution in [0.5, 0.6) is 0 Å². The molecule has 3 rings (SSSR count). The molecule has 0 radical (unpaired) electrons. The van der Waals surface area contributed by atoms with Crippen LogP contribution in [0, 0.1) is 13.8 Å². The maximum atomic E-state index is 12.6. The van der Waals surface area contributed by atoms with E-state index in [-0.39, 0.29) is 5.91 Å². The highest BCUT2D eigenvalue weighted by atomic mass is 32.2. The summed E-state index contributed by atoms with van der Waals surface area (Å²) in [5, 5.41) is 3.78. The Labute approximate surface area is 165 Å². The van der Waals surface area contributed by atoms with Crippen molar-refractivity contribution in [3.63, 3.8) is 0 Å². The van der Waals surface area contributed by atoms with Gasteiger partial charge in [-0.15, -0.1) is 0 Å². The second-order valence-electron chi connectivity index (χ2n) is 6.79. The molecule has 1 aliphatic rings. The average molecular weight is 386 g/mol. The minimum absolute atomic E-state index is 0.0580. The number of nitrogens with zero attached hydrogens (tertiary/aromatic N) is 2. The summed E-state index contributed by atoms with van der Waals surface area (Å²) < 4.78 is 5.36. The lowest BCUT2D eigenvalue weighted by Crippen LogP contribution is -2.38. The third kappa shape index (κ3) is 5.79. The molecule has 1 amide bonds. The molecule has 0 bridgehead atoms. The lowest BCUT2D eigenvalue weighted by molar-refractivity contribution is 0.0374. The minimum atomic E-state index is -0.0580. The summed E-state index contributed by atoms with van der Waals surface area (Å²) in [5.74, 6) is -0.0580. The van der Waals surface area contributed by atoms with Crippen LogP contribution in [-0.2, 0) is 4.74 Å². The van der Waals surface area contributed by atoms with Gasteiger partial charge in [-0.25, -0.2) is 4.98 Å². The normalized spacial score (nSPS) is 14.9. The number of nitrogens with one attached hydrogen (secondary N) is 1. The molecule has 0 unspecified atom stereocenters. The maximum Gasteiger partial charge on any atom is 0.254 e. The zero-order valence-electron chi connectivity index (χ0n) is 16.0. The minimum Gasteiger partial charge on any atom is -0.379 e. The molecule has 6 heteroatoms. The molecule has 1 aromatic carbocycles. The molecule has 5 nitrogen and oxygen atoms in total. The Morgan fingerprint density at radius 1 is 1.26 bits per heavy atom. The molecule has 1 N–H and O–H groups in total. The molecular formula is C21H27N3O2S. The van der Waals surface area contributed by atoms with Crippen LogP contribution in [0.25, 0.3) is 0 Å². The van der Waals surface area contributed by atoms with Gasteiger partial charge in [0.25, 0.3) is 5.91 Å². The number of pyridine rings is 1. The van der Waals surface area contributed by atoms with E-state index < -0.39 is 0 Å². The molecule has 0 atom stereocenters. The van der Waals surface area contributed by atoms with Gasteiger partial charge in [0.1, 0.15) is 5.03 Å². The van der Waals surface area contributed by atoms with Gasteiger partial charge in [-0.3, -0.25) is 9.69 Å². The third-order valence-corrected chi connectivity index (χ3v) is 5.79. The predicted molar refractivity (Wildman–Crippen MR) is 108 cm³/mol. The van der Waals surface area contributed by atoms with Crippen molar-refractivity contribution in [2.24, 2.45) is 0 Å². The van der Waals surface area contributed by atoms with Gasteiger partial charge in [0.2, 0.25) is 0 Å². The van der Waals surface area contributed by atoms with E-state index >= 15 is 0 Å². The largest absolute Gasteiger partial charge is 0.379 e. The van der Waals surface area contributed by atoms with Crippen LogP contribution in [0.15, 0.2) is 46.5 Å².